The molecule has 1 amide bonds. The van der Waals surface area contributed by atoms with Gasteiger partial charge in [-0.3, -0.25) is 9.63 Å². The Labute approximate surface area is 105 Å². The van der Waals surface area contributed by atoms with Crippen molar-refractivity contribution in [3.8, 4) is 10.6 Å². The molecule has 94 valence electrons. The highest BCUT2D eigenvalue weighted by molar-refractivity contribution is 7.13. The van der Waals surface area contributed by atoms with E-state index < -0.39 is 18.5 Å². The second-order valence-electron chi connectivity index (χ2n) is 3.17. The van der Waals surface area contributed by atoms with Gasteiger partial charge in [-0.1, -0.05) is 11.2 Å². The number of thiophene rings is 1. The number of nitrogens with one attached hydrogen (secondary N) is 1. The number of carbonyl (C=O) groups is 2. The third-order valence-corrected chi connectivity index (χ3v) is 2.75. The second-order valence-corrected chi connectivity index (χ2v) is 4.11. The van der Waals surface area contributed by atoms with E-state index in [9.17, 15) is 9.59 Å². The summed E-state index contributed by atoms with van der Waals surface area (Å²) in [6.07, 6.45) is 0. The predicted octanol–water partition coefficient (Wildman–Crippen LogP) is 1.15. The number of hydrogen-bond donors (Lipinski definition) is 2. The van der Waals surface area contributed by atoms with Crippen LogP contribution in [0, 0.1) is 0 Å². The van der Waals surface area contributed by atoms with Gasteiger partial charge in [0.15, 0.2) is 18.1 Å². The normalized spacial score (nSPS) is 10.2. The number of aromatic nitrogens is 1. The topological polar surface area (TPSA) is 102 Å². The largest absolute Gasteiger partial charge is 0.479 e. The van der Waals surface area contributed by atoms with Crippen molar-refractivity contribution in [2.45, 2.75) is 0 Å². The molecule has 0 aliphatic heterocycles. The molecule has 18 heavy (non-hydrogen) atoms. The molecule has 0 spiro atoms. The van der Waals surface area contributed by atoms with E-state index in [1.54, 1.807) is 0 Å². The first-order valence-electron chi connectivity index (χ1n) is 4.81. The van der Waals surface area contributed by atoms with E-state index in [4.69, 9.17) is 9.63 Å². The van der Waals surface area contributed by atoms with E-state index in [1.807, 2.05) is 23.0 Å². The number of nitrogens with zero attached hydrogens (tertiary/aromatic N) is 1. The quantitative estimate of drug-likeness (QED) is 0.789. The standard InChI is InChI=1S/C10H8N2O5S/c13-9(14)5-16-12-10(15)6-4-7(17-11-6)8-2-1-3-18-8/h1-4H,5H2,(H,12,15)(H,13,14). The molecule has 0 atom stereocenters. The molecule has 0 aliphatic rings. The summed E-state index contributed by atoms with van der Waals surface area (Å²) < 4.78 is 4.99. The van der Waals surface area contributed by atoms with Crippen molar-refractivity contribution in [2.75, 3.05) is 6.61 Å². The van der Waals surface area contributed by atoms with Gasteiger partial charge in [-0.2, -0.15) is 0 Å². The number of amides is 1. The minimum atomic E-state index is -1.19. The Morgan fingerprint density at radius 1 is 1.56 bits per heavy atom. The van der Waals surface area contributed by atoms with Gasteiger partial charge in [0.25, 0.3) is 5.91 Å². The van der Waals surface area contributed by atoms with Gasteiger partial charge in [0.2, 0.25) is 0 Å². The van der Waals surface area contributed by atoms with Crippen LogP contribution in [0.5, 0.6) is 0 Å². The van der Waals surface area contributed by atoms with E-state index in [0.29, 0.717) is 5.76 Å². The first-order chi connectivity index (χ1) is 8.66. The van der Waals surface area contributed by atoms with Crippen LogP contribution in [0.4, 0.5) is 0 Å². The summed E-state index contributed by atoms with van der Waals surface area (Å²) in [7, 11) is 0. The minimum absolute atomic E-state index is 0.0174. The average molecular weight is 268 g/mol. The van der Waals surface area contributed by atoms with Gasteiger partial charge < -0.3 is 9.63 Å². The molecule has 2 aromatic heterocycles. The molecule has 2 N–H and O–H groups in total. The SMILES string of the molecule is O=C(O)CONC(=O)c1cc(-c2cccs2)on1. The van der Waals surface area contributed by atoms with Gasteiger partial charge in [-0.05, 0) is 11.4 Å². The van der Waals surface area contributed by atoms with E-state index in [-0.39, 0.29) is 5.69 Å². The Morgan fingerprint density at radius 3 is 3.06 bits per heavy atom. The fraction of sp³-hybridized carbons (Fsp3) is 0.100. The van der Waals surface area contributed by atoms with Crippen molar-refractivity contribution in [2.24, 2.45) is 0 Å². The highest BCUT2D eigenvalue weighted by Gasteiger charge is 2.14. The second kappa shape index (κ2) is 5.43. The lowest BCUT2D eigenvalue weighted by Crippen LogP contribution is -2.26. The molecule has 0 bridgehead atoms. The molecule has 2 aromatic rings. The smallest absolute Gasteiger partial charge is 0.332 e. The molecule has 2 rings (SSSR count). The highest BCUT2D eigenvalue weighted by atomic mass is 32.1. The van der Waals surface area contributed by atoms with Crippen molar-refractivity contribution in [1.29, 1.82) is 0 Å². The Kier molecular flexibility index (Phi) is 3.70. The lowest BCUT2D eigenvalue weighted by molar-refractivity contribution is -0.144. The Balaban J connectivity index is 1.97. The maximum absolute atomic E-state index is 11.5. The van der Waals surface area contributed by atoms with Crippen LogP contribution in [0.3, 0.4) is 0 Å². The van der Waals surface area contributed by atoms with Gasteiger partial charge in [-0.15, -0.1) is 11.3 Å². The van der Waals surface area contributed by atoms with Crippen molar-refractivity contribution in [3.05, 3.63) is 29.3 Å². The summed E-state index contributed by atoms with van der Waals surface area (Å²) >= 11 is 1.45. The molecule has 0 unspecified atom stereocenters. The Morgan fingerprint density at radius 2 is 2.39 bits per heavy atom. The van der Waals surface area contributed by atoms with Crippen LogP contribution in [0.1, 0.15) is 10.5 Å². The maximum atomic E-state index is 11.5. The lowest BCUT2D eigenvalue weighted by atomic mass is 10.3. The lowest BCUT2D eigenvalue weighted by Gasteiger charge is -1.99. The monoisotopic (exact) mass is 268 g/mol. The highest BCUT2D eigenvalue weighted by Crippen LogP contribution is 2.24. The van der Waals surface area contributed by atoms with Crippen molar-refractivity contribution >= 4 is 23.2 Å². The molecular weight excluding hydrogens is 260 g/mol. The predicted molar refractivity (Wildman–Crippen MR) is 60.9 cm³/mol. The summed E-state index contributed by atoms with van der Waals surface area (Å²) in [6, 6.07) is 5.12. The zero-order valence-corrected chi connectivity index (χ0v) is 9.77. The molecule has 7 nitrogen and oxygen atoms in total. The summed E-state index contributed by atoms with van der Waals surface area (Å²) in [5, 5.41) is 13.7. The van der Waals surface area contributed by atoms with Crippen LogP contribution in [0.2, 0.25) is 0 Å². The molecule has 2 heterocycles. The molecule has 8 heteroatoms. The van der Waals surface area contributed by atoms with Crippen LogP contribution >= 0.6 is 11.3 Å². The Bertz CT molecular complexity index is 548. The van der Waals surface area contributed by atoms with Crippen molar-refractivity contribution in [3.63, 3.8) is 0 Å². The first-order valence-corrected chi connectivity index (χ1v) is 5.69. The number of carboxylic acids is 1. The van der Waals surface area contributed by atoms with Crippen LogP contribution in [-0.4, -0.2) is 28.7 Å². The van der Waals surface area contributed by atoms with Crippen LogP contribution in [-0.2, 0) is 9.63 Å². The number of rotatable bonds is 5. The summed E-state index contributed by atoms with van der Waals surface area (Å²) in [5.41, 5.74) is 1.97. The van der Waals surface area contributed by atoms with E-state index in [2.05, 4.69) is 9.99 Å². The van der Waals surface area contributed by atoms with Crippen LogP contribution in [0.25, 0.3) is 10.6 Å². The van der Waals surface area contributed by atoms with Crippen molar-refractivity contribution in [1.82, 2.24) is 10.6 Å². The minimum Gasteiger partial charge on any atom is -0.479 e. The van der Waals surface area contributed by atoms with E-state index in [1.165, 1.54) is 17.4 Å². The van der Waals surface area contributed by atoms with E-state index >= 15 is 0 Å². The zero-order chi connectivity index (χ0) is 13.0. The van der Waals surface area contributed by atoms with Gasteiger partial charge in [0, 0.05) is 6.07 Å². The molecule has 0 aromatic carbocycles. The van der Waals surface area contributed by atoms with Crippen LogP contribution < -0.4 is 5.48 Å². The Hall–Kier alpha value is -2.19. The van der Waals surface area contributed by atoms with Crippen LogP contribution in [0.15, 0.2) is 28.1 Å². The third-order valence-electron chi connectivity index (χ3n) is 1.87. The molecule has 0 fully saturated rings. The van der Waals surface area contributed by atoms with Gasteiger partial charge in [-0.25, -0.2) is 10.3 Å². The zero-order valence-electron chi connectivity index (χ0n) is 8.95. The molecular formula is C10H8N2O5S. The molecule has 0 aliphatic carbocycles. The average Bonchev–Trinajstić information content (AvgIpc) is 2.99. The summed E-state index contributed by atoms with van der Waals surface area (Å²) in [4.78, 5) is 26.9. The number of aliphatic carboxylic acids is 1. The summed E-state index contributed by atoms with van der Waals surface area (Å²) in [6.45, 7) is -0.624. The number of hydrogen-bond acceptors (Lipinski definition) is 6. The number of carboxylic acid groups (broad SMARTS) is 1. The first kappa shape index (κ1) is 12.3. The van der Waals surface area contributed by atoms with Gasteiger partial charge >= 0.3 is 5.97 Å². The maximum Gasteiger partial charge on any atom is 0.332 e. The fourth-order valence-corrected chi connectivity index (χ4v) is 1.81. The fourth-order valence-electron chi connectivity index (χ4n) is 1.13. The molecule has 0 saturated heterocycles. The summed E-state index contributed by atoms with van der Waals surface area (Å²) in [5.74, 6) is -1.38. The number of hydroxylamine groups is 1. The van der Waals surface area contributed by atoms with Gasteiger partial charge in [0.1, 0.15) is 0 Å². The van der Waals surface area contributed by atoms with Crippen molar-refractivity contribution < 1.29 is 24.1 Å². The van der Waals surface area contributed by atoms with E-state index in [0.717, 1.165) is 4.88 Å². The molecule has 0 saturated carbocycles. The third kappa shape index (κ3) is 2.93. The number of carbonyl (C=O) groups excluding carboxylic acids is 1. The molecule has 0 radical (unpaired) electrons. The van der Waals surface area contributed by atoms with Gasteiger partial charge in [0.05, 0.1) is 4.88 Å².